The maximum Gasteiger partial charge on any atom is 0.230 e. The number of hydrogen-bond acceptors (Lipinski definition) is 5. The van der Waals surface area contributed by atoms with E-state index in [0.29, 0.717) is 23.8 Å². The first kappa shape index (κ1) is 17.2. The largest absolute Gasteiger partial charge is 0.493 e. The predicted molar refractivity (Wildman–Crippen MR) is 90.2 cm³/mol. The van der Waals surface area contributed by atoms with E-state index in [1.807, 2.05) is 36.0 Å². The third-order valence-corrected chi connectivity index (χ3v) is 4.35. The second-order valence-corrected chi connectivity index (χ2v) is 5.84. The molecule has 2 aromatic rings. The van der Waals surface area contributed by atoms with Crippen LogP contribution in [0.5, 0.6) is 11.5 Å². The van der Waals surface area contributed by atoms with E-state index in [4.69, 9.17) is 9.47 Å². The molecule has 0 unspecified atom stereocenters. The number of benzene rings is 1. The van der Waals surface area contributed by atoms with E-state index in [1.165, 1.54) is 11.8 Å². The van der Waals surface area contributed by atoms with Gasteiger partial charge in [-0.15, -0.1) is 0 Å². The highest BCUT2D eigenvalue weighted by atomic mass is 32.2. The number of rotatable bonds is 8. The summed E-state index contributed by atoms with van der Waals surface area (Å²) in [6, 6.07) is 5.76. The molecular formula is C16H21N3O3S. The summed E-state index contributed by atoms with van der Waals surface area (Å²) >= 11 is 1.42. The molecule has 0 saturated carbocycles. The first-order valence-corrected chi connectivity index (χ1v) is 8.20. The van der Waals surface area contributed by atoms with E-state index in [2.05, 4.69) is 10.3 Å². The van der Waals surface area contributed by atoms with Gasteiger partial charge < -0.3 is 19.4 Å². The number of aromatic nitrogens is 2. The molecule has 7 heteroatoms. The van der Waals surface area contributed by atoms with Crippen LogP contribution in [0.4, 0.5) is 0 Å². The van der Waals surface area contributed by atoms with Gasteiger partial charge in [-0.25, -0.2) is 4.98 Å². The SMILES string of the molecule is COc1ccc(CCNC(=O)CSc2nccn2C)cc1OC. The zero-order valence-electron chi connectivity index (χ0n) is 13.5. The maximum absolute atomic E-state index is 11.8. The highest BCUT2D eigenvalue weighted by Crippen LogP contribution is 2.27. The normalized spacial score (nSPS) is 10.4. The first-order chi connectivity index (χ1) is 11.1. The first-order valence-electron chi connectivity index (χ1n) is 7.21. The van der Waals surface area contributed by atoms with E-state index >= 15 is 0 Å². The number of carbonyl (C=O) groups is 1. The molecule has 1 heterocycles. The number of carbonyl (C=O) groups excluding carboxylic acids is 1. The second kappa shape index (κ2) is 8.47. The molecule has 124 valence electrons. The number of amides is 1. The van der Waals surface area contributed by atoms with Crippen LogP contribution in [0.15, 0.2) is 35.7 Å². The molecule has 1 aromatic carbocycles. The van der Waals surface area contributed by atoms with Crippen LogP contribution in [-0.4, -0.2) is 42.0 Å². The summed E-state index contributed by atoms with van der Waals surface area (Å²) in [6.45, 7) is 0.579. The van der Waals surface area contributed by atoms with Crippen LogP contribution in [-0.2, 0) is 18.3 Å². The van der Waals surface area contributed by atoms with Crippen molar-refractivity contribution in [2.24, 2.45) is 7.05 Å². The number of nitrogens with one attached hydrogen (secondary N) is 1. The zero-order chi connectivity index (χ0) is 16.7. The van der Waals surface area contributed by atoms with E-state index in [0.717, 1.165) is 17.1 Å². The average molecular weight is 335 g/mol. The third kappa shape index (κ3) is 4.92. The van der Waals surface area contributed by atoms with E-state index in [9.17, 15) is 4.79 Å². The van der Waals surface area contributed by atoms with Gasteiger partial charge >= 0.3 is 0 Å². The Morgan fingerprint density at radius 1 is 1.30 bits per heavy atom. The Kier molecular flexibility index (Phi) is 6.34. The van der Waals surface area contributed by atoms with Gasteiger partial charge in [0.2, 0.25) is 5.91 Å². The van der Waals surface area contributed by atoms with Crippen LogP contribution in [0, 0.1) is 0 Å². The van der Waals surface area contributed by atoms with Crippen LogP contribution >= 0.6 is 11.8 Å². The standard InChI is InChI=1S/C16H21N3O3S/c1-19-9-8-18-16(19)23-11-15(20)17-7-6-12-4-5-13(21-2)14(10-12)22-3/h4-5,8-10H,6-7,11H2,1-3H3,(H,17,20). The lowest BCUT2D eigenvalue weighted by atomic mass is 10.1. The van der Waals surface area contributed by atoms with Crippen molar-refractivity contribution >= 4 is 17.7 Å². The van der Waals surface area contributed by atoms with Gasteiger partial charge in [-0.1, -0.05) is 17.8 Å². The smallest absolute Gasteiger partial charge is 0.230 e. The van der Waals surface area contributed by atoms with Gasteiger partial charge in [0, 0.05) is 26.0 Å². The predicted octanol–water partition coefficient (Wildman–Crippen LogP) is 1.89. The number of methoxy groups -OCH3 is 2. The summed E-state index contributed by atoms with van der Waals surface area (Å²) in [4.78, 5) is 16.0. The maximum atomic E-state index is 11.8. The van der Waals surface area contributed by atoms with Crippen molar-refractivity contribution in [3.63, 3.8) is 0 Å². The summed E-state index contributed by atoms with van der Waals surface area (Å²) in [5, 5.41) is 3.74. The van der Waals surface area contributed by atoms with Gasteiger partial charge in [0.1, 0.15) is 0 Å². The van der Waals surface area contributed by atoms with Crippen LogP contribution in [0.25, 0.3) is 0 Å². The molecule has 2 rings (SSSR count). The molecule has 1 amide bonds. The Hall–Kier alpha value is -2.15. The Bertz CT molecular complexity index is 658. The lowest BCUT2D eigenvalue weighted by Crippen LogP contribution is -2.27. The van der Waals surface area contributed by atoms with Gasteiger partial charge in [0.05, 0.1) is 20.0 Å². The Morgan fingerprint density at radius 3 is 2.74 bits per heavy atom. The fraction of sp³-hybridized carbons (Fsp3) is 0.375. The lowest BCUT2D eigenvalue weighted by molar-refractivity contribution is -0.118. The average Bonchev–Trinajstić information content (AvgIpc) is 2.97. The molecule has 0 radical (unpaired) electrons. The fourth-order valence-electron chi connectivity index (χ4n) is 2.05. The molecule has 0 spiro atoms. The van der Waals surface area contributed by atoms with E-state index in [-0.39, 0.29) is 5.91 Å². The van der Waals surface area contributed by atoms with Gasteiger partial charge in [0.15, 0.2) is 16.7 Å². The number of hydrogen-bond donors (Lipinski definition) is 1. The van der Waals surface area contributed by atoms with Crippen LogP contribution in [0.2, 0.25) is 0 Å². The van der Waals surface area contributed by atoms with Crippen molar-refractivity contribution in [1.82, 2.24) is 14.9 Å². The summed E-state index contributed by atoms with van der Waals surface area (Å²) in [5.41, 5.74) is 1.08. The minimum absolute atomic E-state index is 0.00141. The molecule has 0 aliphatic rings. The molecule has 0 bridgehead atoms. The quantitative estimate of drug-likeness (QED) is 0.746. The second-order valence-electron chi connectivity index (χ2n) is 4.90. The number of nitrogens with zero attached hydrogens (tertiary/aromatic N) is 2. The topological polar surface area (TPSA) is 65.4 Å². The van der Waals surface area contributed by atoms with Gasteiger partial charge in [-0.2, -0.15) is 0 Å². The minimum Gasteiger partial charge on any atom is -0.493 e. The summed E-state index contributed by atoms with van der Waals surface area (Å²) in [5.74, 6) is 1.75. The van der Waals surface area contributed by atoms with Crippen molar-refractivity contribution in [1.29, 1.82) is 0 Å². The van der Waals surface area contributed by atoms with Crippen molar-refractivity contribution < 1.29 is 14.3 Å². The molecule has 0 saturated heterocycles. The Labute approximate surface area is 140 Å². The third-order valence-electron chi connectivity index (χ3n) is 3.29. The lowest BCUT2D eigenvalue weighted by Gasteiger charge is -2.10. The summed E-state index contributed by atoms with van der Waals surface area (Å²) < 4.78 is 12.4. The molecule has 6 nitrogen and oxygen atoms in total. The van der Waals surface area contributed by atoms with Crippen LogP contribution in [0.1, 0.15) is 5.56 Å². The van der Waals surface area contributed by atoms with Crippen molar-refractivity contribution in [2.45, 2.75) is 11.6 Å². The Morgan fingerprint density at radius 2 is 2.09 bits per heavy atom. The molecule has 23 heavy (non-hydrogen) atoms. The van der Waals surface area contributed by atoms with Crippen LogP contribution in [0.3, 0.4) is 0 Å². The highest BCUT2D eigenvalue weighted by molar-refractivity contribution is 7.99. The van der Waals surface area contributed by atoms with Crippen molar-refractivity contribution in [3.8, 4) is 11.5 Å². The summed E-state index contributed by atoms with van der Waals surface area (Å²) in [7, 11) is 5.12. The molecule has 1 N–H and O–H groups in total. The fourth-order valence-corrected chi connectivity index (χ4v) is 2.82. The molecule has 0 aliphatic carbocycles. The van der Waals surface area contributed by atoms with Crippen LogP contribution < -0.4 is 14.8 Å². The molecule has 0 fully saturated rings. The number of aryl methyl sites for hydroxylation is 1. The van der Waals surface area contributed by atoms with Gasteiger partial charge in [-0.3, -0.25) is 4.79 Å². The monoisotopic (exact) mass is 335 g/mol. The van der Waals surface area contributed by atoms with Gasteiger partial charge in [0.25, 0.3) is 0 Å². The number of ether oxygens (including phenoxy) is 2. The minimum atomic E-state index is -0.00141. The number of thioether (sulfide) groups is 1. The number of imidazole rings is 1. The molecular weight excluding hydrogens is 314 g/mol. The molecule has 1 aromatic heterocycles. The van der Waals surface area contributed by atoms with Crippen molar-refractivity contribution in [2.75, 3.05) is 26.5 Å². The molecule has 0 atom stereocenters. The molecule has 0 aliphatic heterocycles. The van der Waals surface area contributed by atoms with Gasteiger partial charge in [-0.05, 0) is 24.1 Å². The van der Waals surface area contributed by atoms with Crippen molar-refractivity contribution in [3.05, 3.63) is 36.2 Å². The van der Waals surface area contributed by atoms with E-state index < -0.39 is 0 Å². The summed E-state index contributed by atoms with van der Waals surface area (Å²) in [6.07, 6.45) is 4.31. The Balaban J connectivity index is 1.76. The zero-order valence-corrected chi connectivity index (χ0v) is 14.4. The highest BCUT2D eigenvalue weighted by Gasteiger charge is 2.07. The van der Waals surface area contributed by atoms with E-state index in [1.54, 1.807) is 20.4 Å².